The Bertz CT molecular complexity index is 364. The monoisotopic (exact) mass is 255 g/mol. The molecular formula is C11H12BrO2-. The molecular weight excluding hydrogens is 244 g/mol. The van der Waals surface area contributed by atoms with Gasteiger partial charge in [0, 0.05) is 4.47 Å². The average molecular weight is 256 g/mol. The highest BCUT2D eigenvalue weighted by Crippen LogP contribution is 2.30. The van der Waals surface area contributed by atoms with Crippen molar-refractivity contribution >= 4 is 21.9 Å². The van der Waals surface area contributed by atoms with E-state index in [1.165, 1.54) is 0 Å². The van der Waals surface area contributed by atoms with E-state index in [-0.39, 0.29) is 11.0 Å². The Morgan fingerprint density at radius 3 is 2.29 bits per heavy atom. The largest absolute Gasteiger partial charge is 0.545 e. The van der Waals surface area contributed by atoms with E-state index in [2.05, 4.69) is 36.7 Å². The standard InChI is InChI=1S/C11H13BrO2/c1-11(2,3)8-5-4-7(10(13)14)6-9(8)12/h4-6H,1-3H3,(H,13,14)/p-1. The molecule has 0 atom stereocenters. The molecule has 0 saturated heterocycles. The third kappa shape index (κ3) is 2.35. The minimum Gasteiger partial charge on any atom is -0.545 e. The van der Waals surface area contributed by atoms with E-state index in [9.17, 15) is 9.90 Å². The molecule has 0 N–H and O–H groups in total. The Balaban J connectivity index is 3.21. The lowest BCUT2D eigenvalue weighted by Crippen LogP contribution is -2.22. The van der Waals surface area contributed by atoms with Crippen molar-refractivity contribution in [1.29, 1.82) is 0 Å². The number of benzene rings is 1. The smallest absolute Gasteiger partial charge is 0.0715 e. The van der Waals surface area contributed by atoms with Gasteiger partial charge >= 0.3 is 0 Å². The molecule has 0 aromatic heterocycles. The summed E-state index contributed by atoms with van der Waals surface area (Å²) in [7, 11) is 0. The highest BCUT2D eigenvalue weighted by atomic mass is 79.9. The summed E-state index contributed by atoms with van der Waals surface area (Å²) in [4.78, 5) is 10.6. The first-order chi connectivity index (χ1) is 6.32. The van der Waals surface area contributed by atoms with Gasteiger partial charge in [0.15, 0.2) is 0 Å². The third-order valence-electron chi connectivity index (χ3n) is 2.01. The molecule has 0 amide bonds. The number of carboxylic acid groups (broad SMARTS) is 1. The number of hydrogen-bond donors (Lipinski definition) is 0. The first kappa shape index (κ1) is 11.2. The van der Waals surface area contributed by atoms with E-state index in [1.54, 1.807) is 12.1 Å². The van der Waals surface area contributed by atoms with Crippen molar-refractivity contribution in [3.63, 3.8) is 0 Å². The average Bonchev–Trinajstić information content (AvgIpc) is 2.01. The van der Waals surface area contributed by atoms with Gasteiger partial charge in [0.25, 0.3) is 0 Å². The fourth-order valence-corrected chi connectivity index (χ4v) is 2.22. The molecule has 1 aromatic rings. The molecule has 0 heterocycles. The number of carbonyl (C=O) groups is 1. The predicted octanol–water partition coefficient (Wildman–Crippen LogP) is 2.11. The SMILES string of the molecule is CC(C)(C)c1ccc(C(=O)[O-])cc1Br. The van der Waals surface area contributed by atoms with Gasteiger partial charge in [0.1, 0.15) is 0 Å². The molecule has 0 aliphatic heterocycles. The Labute approximate surface area is 92.1 Å². The quantitative estimate of drug-likeness (QED) is 0.772. The molecule has 76 valence electrons. The maximum Gasteiger partial charge on any atom is 0.0715 e. The number of halogens is 1. The summed E-state index contributed by atoms with van der Waals surface area (Å²) in [6.45, 7) is 6.23. The maximum atomic E-state index is 10.6. The maximum absolute atomic E-state index is 10.6. The molecule has 0 spiro atoms. The lowest BCUT2D eigenvalue weighted by atomic mass is 9.87. The van der Waals surface area contributed by atoms with Crippen LogP contribution in [-0.4, -0.2) is 5.97 Å². The summed E-state index contributed by atoms with van der Waals surface area (Å²) in [5.74, 6) is -1.15. The van der Waals surface area contributed by atoms with Crippen LogP contribution in [0.4, 0.5) is 0 Å². The van der Waals surface area contributed by atoms with Gasteiger partial charge in [-0.2, -0.15) is 0 Å². The number of carbonyl (C=O) groups excluding carboxylic acids is 1. The van der Waals surface area contributed by atoms with E-state index in [1.807, 2.05) is 6.07 Å². The number of aromatic carboxylic acids is 1. The van der Waals surface area contributed by atoms with Gasteiger partial charge in [0.05, 0.1) is 5.97 Å². The summed E-state index contributed by atoms with van der Waals surface area (Å²) in [6, 6.07) is 4.96. The molecule has 0 bridgehead atoms. The van der Waals surface area contributed by atoms with Crippen LogP contribution in [-0.2, 0) is 5.41 Å². The Morgan fingerprint density at radius 2 is 1.93 bits per heavy atom. The van der Waals surface area contributed by atoms with Crippen LogP contribution in [0.5, 0.6) is 0 Å². The van der Waals surface area contributed by atoms with Crippen LogP contribution in [0.25, 0.3) is 0 Å². The van der Waals surface area contributed by atoms with Crippen LogP contribution in [0, 0.1) is 0 Å². The Hall–Kier alpha value is -0.830. The fourth-order valence-electron chi connectivity index (χ4n) is 1.25. The first-order valence-electron chi connectivity index (χ1n) is 4.34. The zero-order valence-corrected chi connectivity index (χ0v) is 10.0. The molecule has 0 aliphatic rings. The third-order valence-corrected chi connectivity index (χ3v) is 2.67. The van der Waals surface area contributed by atoms with Crippen LogP contribution < -0.4 is 5.11 Å². The van der Waals surface area contributed by atoms with Crippen LogP contribution in [0.3, 0.4) is 0 Å². The molecule has 0 fully saturated rings. The van der Waals surface area contributed by atoms with Gasteiger partial charge in [-0.05, 0) is 22.6 Å². The number of hydrogen-bond acceptors (Lipinski definition) is 2. The van der Waals surface area contributed by atoms with Gasteiger partial charge in [-0.3, -0.25) is 0 Å². The van der Waals surface area contributed by atoms with Gasteiger partial charge in [-0.15, -0.1) is 0 Å². The zero-order chi connectivity index (χ0) is 10.9. The number of carboxylic acids is 1. The van der Waals surface area contributed by atoms with Crippen molar-refractivity contribution in [3.8, 4) is 0 Å². The minimum atomic E-state index is -1.15. The molecule has 1 aromatic carbocycles. The van der Waals surface area contributed by atoms with E-state index in [0.29, 0.717) is 0 Å². The van der Waals surface area contributed by atoms with E-state index < -0.39 is 5.97 Å². The summed E-state index contributed by atoms with van der Waals surface area (Å²) in [5.41, 5.74) is 1.29. The zero-order valence-electron chi connectivity index (χ0n) is 8.43. The van der Waals surface area contributed by atoms with Crippen LogP contribution in [0.15, 0.2) is 22.7 Å². The van der Waals surface area contributed by atoms with Crippen molar-refractivity contribution in [2.75, 3.05) is 0 Å². The summed E-state index contributed by atoms with van der Waals surface area (Å²) >= 11 is 3.36. The van der Waals surface area contributed by atoms with Gasteiger partial charge in [0.2, 0.25) is 0 Å². The minimum absolute atomic E-state index is 0.00327. The van der Waals surface area contributed by atoms with E-state index >= 15 is 0 Å². The summed E-state index contributed by atoms with van der Waals surface area (Å²) < 4.78 is 0.812. The van der Waals surface area contributed by atoms with E-state index in [0.717, 1.165) is 10.0 Å². The van der Waals surface area contributed by atoms with Gasteiger partial charge in [-0.1, -0.05) is 48.8 Å². The second kappa shape index (κ2) is 3.73. The second-order valence-electron chi connectivity index (χ2n) is 4.23. The molecule has 14 heavy (non-hydrogen) atoms. The highest BCUT2D eigenvalue weighted by Gasteiger charge is 2.16. The summed E-state index contributed by atoms with van der Waals surface area (Å²) in [5, 5.41) is 10.6. The van der Waals surface area contributed by atoms with Crippen molar-refractivity contribution < 1.29 is 9.90 Å². The molecule has 2 nitrogen and oxygen atoms in total. The predicted molar refractivity (Wildman–Crippen MR) is 57.2 cm³/mol. The van der Waals surface area contributed by atoms with Crippen molar-refractivity contribution in [2.24, 2.45) is 0 Å². The van der Waals surface area contributed by atoms with E-state index in [4.69, 9.17) is 0 Å². The van der Waals surface area contributed by atoms with Gasteiger partial charge in [-0.25, -0.2) is 0 Å². The highest BCUT2D eigenvalue weighted by molar-refractivity contribution is 9.10. The molecule has 0 radical (unpaired) electrons. The topological polar surface area (TPSA) is 40.1 Å². The van der Waals surface area contributed by atoms with Crippen molar-refractivity contribution in [3.05, 3.63) is 33.8 Å². The first-order valence-corrected chi connectivity index (χ1v) is 5.13. The normalized spacial score (nSPS) is 11.4. The molecule has 1 rings (SSSR count). The summed E-state index contributed by atoms with van der Waals surface area (Å²) in [6.07, 6.45) is 0. The Kier molecular flexibility index (Phi) is 3.00. The molecule has 0 saturated carbocycles. The lowest BCUT2D eigenvalue weighted by molar-refractivity contribution is -0.255. The van der Waals surface area contributed by atoms with Crippen molar-refractivity contribution in [1.82, 2.24) is 0 Å². The van der Waals surface area contributed by atoms with Crippen LogP contribution in [0.1, 0.15) is 36.7 Å². The Morgan fingerprint density at radius 1 is 1.36 bits per heavy atom. The molecule has 3 heteroatoms. The van der Waals surface area contributed by atoms with Crippen molar-refractivity contribution in [2.45, 2.75) is 26.2 Å². The molecule has 0 aliphatic carbocycles. The van der Waals surface area contributed by atoms with Gasteiger partial charge < -0.3 is 9.90 Å². The molecule has 0 unspecified atom stereocenters. The number of rotatable bonds is 1. The van der Waals surface area contributed by atoms with Crippen LogP contribution >= 0.6 is 15.9 Å². The fraction of sp³-hybridized carbons (Fsp3) is 0.364. The second-order valence-corrected chi connectivity index (χ2v) is 5.09. The van der Waals surface area contributed by atoms with Crippen LogP contribution in [0.2, 0.25) is 0 Å². The lowest BCUT2D eigenvalue weighted by Gasteiger charge is -2.21.